The van der Waals surface area contributed by atoms with Gasteiger partial charge in [-0.25, -0.2) is 9.97 Å². The van der Waals surface area contributed by atoms with Gasteiger partial charge < -0.3 is 0 Å². The van der Waals surface area contributed by atoms with Crippen molar-refractivity contribution in [1.82, 2.24) is 9.97 Å². The molecule has 0 spiro atoms. The number of carbonyl (C=O) groups excluding carboxylic acids is 1. The number of Topliss-reactive ketones (excluding diaryl/α,β-unsaturated/α-hetero) is 1. The molecule has 2 aromatic rings. The normalized spacial score (nSPS) is 19.0. The number of hydrogen-bond donors (Lipinski definition) is 0. The SMILES string of the molecule is CC(=O)c1nc(C)nc2sc(C3CCC(C)(C)CC3)cc12. The predicted octanol–water partition coefficient (Wildman–Crippen LogP) is 4.89. The Balaban J connectivity index is 1.98. The van der Waals surface area contributed by atoms with Crippen molar-refractivity contribution < 1.29 is 4.79 Å². The second-order valence-corrected chi connectivity index (χ2v) is 8.04. The highest BCUT2D eigenvalue weighted by Gasteiger charge is 2.29. The summed E-state index contributed by atoms with van der Waals surface area (Å²) in [7, 11) is 0. The number of hydrogen-bond acceptors (Lipinski definition) is 4. The van der Waals surface area contributed by atoms with Gasteiger partial charge in [0.2, 0.25) is 0 Å². The lowest BCUT2D eigenvalue weighted by atomic mass is 9.73. The van der Waals surface area contributed by atoms with E-state index in [1.165, 1.54) is 30.6 Å². The molecule has 0 aromatic carbocycles. The van der Waals surface area contributed by atoms with E-state index in [0.29, 0.717) is 22.9 Å². The first-order valence-corrected chi connectivity index (χ1v) is 8.46. The maximum absolute atomic E-state index is 11.8. The summed E-state index contributed by atoms with van der Waals surface area (Å²) in [5.41, 5.74) is 1.06. The minimum atomic E-state index is 0.0274. The van der Waals surface area contributed by atoms with Crippen LogP contribution in [0.15, 0.2) is 6.07 Å². The van der Waals surface area contributed by atoms with Crippen LogP contribution in [0.5, 0.6) is 0 Å². The molecule has 1 aliphatic carbocycles. The van der Waals surface area contributed by atoms with Gasteiger partial charge in [0, 0.05) is 17.2 Å². The second kappa shape index (κ2) is 5.16. The molecule has 0 N–H and O–H groups in total. The third-order valence-electron chi connectivity index (χ3n) is 4.60. The fourth-order valence-electron chi connectivity index (χ4n) is 3.20. The average molecular weight is 302 g/mol. The van der Waals surface area contributed by atoms with Gasteiger partial charge in [-0.3, -0.25) is 4.79 Å². The Labute approximate surface area is 129 Å². The van der Waals surface area contributed by atoms with Crippen molar-refractivity contribution in [3.63, 3.8) is 0 Å². The Morgan fingerprint density at radius 3 is 2.57 bits per heavy atom. The van der Waals surface area contributed by atoms with Crippen LogP contribution in [-0.4, -0.2) is 15.8 Å². The lowest BCUT2D eigenvalue weighted by Gasteiger charge is -2.33. The van der Waals surface area contributed by atoms with Gasteiger partial charge in [0.15, 0.2) is 5.78 Å². The maximum Gasteiger partial charge on any atom is 0.178 e. The van der Waals surface area contributed by atoms with Gasteiger partial charge in [-0.2, -0.15) is 0 Å². The van der Waals surface area contributed by atoms with Crippen molar-refractivity contribution >= 4 is 27.3 Å². The molecule has 21 heavy (non-hydrogen) atoms. The zero-order valence-corrected chi connectivity index (χ0v) is 14.0. The quantitative estimate of drug-likeness (QED) is 0.742. The van der Waals surface area contributed by atoms with Crippen molar-refractivity contribution in [2.24, 2.45) is 5.41 Å². The minimum Gasteiger partial charge on any atom is -0.293 e. The number of nitrogens with zero attached hydrogens (tertiary/aromatic N) is 2. The molecule has 112 valence electrons. The summed E-state index contributed by atoms with van der Waals surface area (Å²) in [6, 6.07) is 2.17. The Kier molecular flexibility index (Phi) is 3.60. The monoisotopic (exact) mass is 302 g/mol. The van der Waals surface area contributed by atoms with Crippen molar-refractivity contribution in [3.8, 4) is 0 Å². The third kappa shape index (κ3) is 2.86. The first-order chi connectivity index (χ1) is 9.85. The largest absolute Gasteiger partial charge is 0.293 e. The number of aromatic nitrogens is 2. The van der Waals surface area contributed by atoms with E-state index >= 15 is 0 Å². The zero-order valence-electron chi connectivity index (χ0n) is 13.2. The fourth-order valence-corrected chi connectivity index (χ4v) is 4.45. The van der Waals surface area contributed by atoms with Crippen LogP contribution in [-0.2, 0) is 0 Å². The lowest BCUT2D eigenvalue weighted by Crippen LogP contribution is -2.19. The summed E-state index contributed by atoms with van der Waals surface area (Å²) < 4.78 is 0. The molecular formula is C17H22N2OS. The zero-order chi connectivity index (χ0) is 15.2. The van der Waals surface area contributed by atoms with E-state index in [1.807, 2.05) is 6.92 Å². The van der Waals surface area contributed by atoms with E-state index in [1.54, 1.807) is 18.3 Å². The maximum atomic E-state index is 11.8. The Hall–Kier alpha value is -1.29. The van der Waals surface area contributed by atoms with Crippen molar-refractivity contribution in [2.45, 2.75) is 59.3 Å². The average Bonchev–Trinajstić information content (AvgIpc) is 2.80. The summed E-state index contributed by atoms with van der Waals surface area (Å²) >= 11 is 1.75. The first kappa shape index (κ1) is 14.6. The van der Waals surface area contributed by atoms with Crippen LogP contribution in [0.1, 0.15) is 73.6 Å². The first-order valence-electron chi connectivity index (χ1n) is 7.65. The summed E-state index contributed by atoms with van der Waals surface area (Å²) in [6.45, 7) is 8.16. The van der Waals surface area contributed by atoms with E-state index in [-0.39, 0.29) is 5.78 Å². The lowest BCUT2D eigenvalue weighted by molar-refractivity contribution is 0.101. The van der Waals surface area contributed by atoms with Crippen LogP contribution < -0.4 is 0 Å². The number of aryl methyl sites for hydroxylation is 1. The van der Waals surface area contributed by atoms with Gasteiger partial charge in [0.05, 0.1) is 0 Å². The molecule has 1 saturated carbocycles. The van der Waals surface area contributed by atoms with Gasteiger partial charge in [-0.1, -0.05) is 13.8 Å². The van der Waals surface area contributed by atoms with E-state index in [0.717, 1.165) is 10.2 Å². The van der Waals surface area contributed by atoms with Crippen LogP contribution in [0.3, 0.4) is 0 Å². The molecule has 0 radical (unpaired) electrons. The minimum absolute atomic E-state index is 0.0274. The van der Waals surface area contributed by atoms with E-state index in [9.17, 15) is 4.79 Å². The molecule has 1 fully saturated rings. The highest BCUT2D eigenvalue weighted by molar-refractivity contribution is 7.18. The molecule has 2 aromatic heterocycles. The smallest absolute Gasteiger partial charge is 0.178 e. The molecule has 2 heterocycles. The molecule has 0 bridgehead atoms. The van der Waals surface area contributed by atoms with E-state index in [4.69, 9.17) is 0 Å². The number of rotatable bonds is 2. The van der Waals surface area contributed by atoms with Gasteiger partial charge in [-0.05, 0) is 50.0 Å². The van der Waals surface area contributed by atoms with Crippen molar-refractivity contribution in [1.29, 1.82) is 0 Å². The molecule has 0 amide bonds. The van der Waals surface area contributed by atoms with Crippen LogP contribution in [0.4, 0.5) is 0 Å². The highest BCUT2D eigenvalue weighted by atomic mass is 32.1. The fraction of sp³-hybridized carbons (Fsp3) is 0.588. The second-order valence-electron chi connectivity index (χ2n) is 6.98. The number of ketones is 1. The molecule has 0 saturated heterocycles. The summed E-state index contributed by atoms with van der Waals surface area (Å²) in [5, 5.41) is 0.943. The third-order valence-corrected chi connectivity index (χ3v) is 5.79. The summed E-state index contributed by atoms with van der Waals surface area (Å²) in [5.74, 6) is 1.34. The molecule has 1 aliphatic rings. The number of thiophene rings is 1. The number of carbonyl (C=O) groups is 1. The van der Waals surface area contributed by atoms with Gasteiger partial charge in [0.1, 0.15) is 16.3 Å². The standard InChI is InChI=1S/C17H22N2OS/c1-10(20)15-13-9-14(21-16(13)19-11(2)18-15)12-5-7-17(3,4)8-6-12/h9,12H,5-8H2,1-4H3. The Bertz CT molecular complexity index is 692. The van der Waals surface area contributed by atoms with Gasteiger partial charge >= 0.3 is 0 Å². The van der Waals surface area contributed by atoms with Crippen LogP contribution in [0.2, 0.25) is 0 Å². The van der Waals surface area contributed by atoms with Crippen LogP contribution in [0, 0.1) is 12.3 Å². The molecular weight excluding hydrogens is 280 g/mol. The van der Waals surface area contributed by atoms with Crippen molar-refractivity contribution in [2.75, 3.05) is 0 Å². The van der Waals surface area contributed by atoms with Crippen LogP contribution >= 0.6 is 11.3 Å². The molecule has 0 atom stereocenters. The van der Waals surface area contributed by atoms with Crippen LogP contribution in [0.25, 0.3) is 10.2 Å². The van der Waals surface area contributed by atoms with E-state index in [2.05, 4.69) is 29.9 Å². The van der Waals surface area contributed by atoms with Gasteiger partial charge in [-0.15, -0.1) is 11.3 Å². The summed E-state index contributed by atoms with van der Waals surface area (Å²) in [4.78, 5) is 23.0. The topological polar surface area (TPSA) is 42.9 Å². The molecule has 0 unspecified atom stereocenters. The Morgan fingerprint density at radius 2 is 1.95 bits per heavy atom. The molecule has 0 aliphatic heterocycles. The van der Waals surface area contributed by atoms with E-state index < -0.39 is 0 Å². The molecule has 3 rings (SSSR count). The number of fused-ring (bicyclic) bond motifs is 1. The van der Waals surface area contributed by atoms with Crippen molar-refractivity contribution in [3.05, 3.63) is 22.5 Å². The summed E-state index contributed by atoms with van der Waals surface area (Å²) in [6.07, 6.45) is 5.02. The molecule has 3 nitrogen and oxygen atoms in total. The van der Waals surface area contributed by atoms with Gasteiger partial charge in [0.25, 0.3) is 0 Å². The predicted molar refractivity (Wildman–Crippen MR) is 87.1 cm³/mol. The highest BCUT2D eigenvalue weighted by Crippen LogP contribution is 2.45. The Morgan fingerprint density at radius 1 is 1.29 bits per heavy atom. The molecule has 4 heteroatoms.